The molecule has 5 rings (SSSR count). The molecule has 2 aromatic heterocycles. The van der Waals surface area contributed by atoms with Crippen molar-refractivity contribution in [2.45, 2.75) is 83.1 Å². The number of nitrogens with two attached hydrogens (primary N) is 1. The first-order valence-corrected chi connectivity index (χ1v) is 12.8. The highest BCUT2D eigenvalue weighted by molar-refractivity contribution is 5.81. The van der Waals surface area contributed by atoms with Gasteiger partial charge in [0.1, 0.15) is 25.1 Å². The van der Waals surface area contributed by atoms with Crippen molar-refractivity contribution in [2.24, 2.45) is 17.3 Å². The van der Waals surface area contributed by atoms with Gasteiger partial charge in [-0.25, -0.2) is 15.0 Å². The van der Waals surface area contributed by atoms with E-state index in [1.54, 1.807) is 6.33 Å². The van der Waals surface area contributed by atoms with Crippen LogP contribution in [0.5, 0.6) is 0 Å². The standard InChI is InChI=1S/C25H35N5O4/c26-21-20-22(28-15-27-21)30(16-29-20)19-11-25(12-19,13-33-23(31)17-7-3-1-4-8-17)14-34-24(32)18-9-5-2-6-10-18/h15-19H,1-14H2,(H2,26,27,28). The lowest BCUT2D eigenvalue weighted by molar-refractivity contribution is -0.168. The second kappa shape index (κ2) is 9.88. The fraction of sp³-hybridized carbons (Fsp3) is 0.720. The number of carbonyl (C=O) groups excluding carboxylic acids is 2. The van der Waals surface area contributed by atoms with Crippen molar-refractivity contribution in [2.75, 3.05) is 18.9 Å². The number of imidazole rings is 1. The van der Waals surface area contributed by atoms with E-state index in [0.717, 1.165) is 64.2 Å². The molecule has 0 aromatic carbocycles. The number of fused-ring (bicyclic) bond motifs is 1. The SMILES string of the molecule is Nc1ncnc2c1ncn2C1CC(COC(=O)C2CCCCC2)(COC(=O)C2CCCCC2)C1. The van der Waals surface area contributed by atoms with E-state index in [4.69, 9.17) is 15.2 Å². The van der Waals surface area contributed by atoms with Crippen LogP contribution in [0.2, 0.25) is 0 Å². The van der Waals surface area contributed by atoms with Gasteiger partial charge in [0.15, 0.2) is 11.5 Å². The summed E-state index contributed by atoms with van der Waals surface area (Å²) in [6, 6.07) is 0.126. The minimum absolute atomic E-state index is 0.00345. The van der Waals surface area contributed by atoms with E-state index < -0.39 is 0 Å². The van der Waals surface area contributed by atoms with Crippen LogP contribution in [0.1, 0.15) is 83.1 Å². The molecule has 3 aliphatic carbocycles. The molecular weight excluding hydrogens is 434 g/mol. The monoisotopic (exact) mass is 469 g/mol. The number of rotatable bonds is 7. The third-order valence-electron chi connectivity index (χ3n) is 8.04. The molecule has 9 nitrogen and oxygen atoms in total. The van der Waals surface area contributed by atoms with E-state index >= 15 is 0 Å². The van der Waals surface area contributed by atoms with Crippen molar-refractivity contribution in [3.8, 4) is 0 Å². The van der Waals surface area contributed by atoms with Gasteiger partial charge in [-0.15, -0.1) is 0 Å². The number of hydrogen-bond donors (Lipinski definition) is 1. The van der Waals surface area contributed by atoms with Crippen LogP contribution in [0.3, 0.4) is 0 Å². The zero-order valence-electron chi connectivity index (χ0n) is 19.8. The second-order valence-electron chi connectivity index (χ2n) is 10.5. The van der Waals surface area contributed by atoms with Crippen LogP contribution in [-0.2, 0) is 19.1 Å². The number of esters is 2. The van der Waals surface area contributed by atoms with Gasteiger partial charge in [0.25, 0.3) is 0 Å². The Morgan fingerprint density at radius 1 is 0.882 bits per heavy atom. The molecule has 0 aliphatic heterocycles. The molecule has 34 heavy (non-hydrogen) atoms. The minimum atomic E-state index is -0.380. The highest BCUT2D eigenvalue weighted by Gasteiger charge is 2.48. The summed E-state index contributed by atoms with van der Waals surface area (Å²) in [5.41, 5.74) is 6.85. The average molecular weight is 470 g/mol. The van der Waals surface area contributed by atoms with E-state index in [1.165, 1.54) is 19.2 Å². The molecule has 0 atom stereocenters. The molecule has 0 bridgehead atoms. The van der Waals surface area contributed by atoms with Crippen molar-refractivity contribution in [1.29, 1.82) is 0 Å². The first-order valence-electron chi connectivity index (χ1n) is 12.8. The molecule has 0 spiro atoms. The minimum Gasteiger partial charge on any atom is -0.465 e. The summed E-state index contributed by atoms with van der Waals surface area (Å²) in [4.78, 5) is 38.2. The van der Waals surface area contributed by atoms with E-state index in [9.17, 15) is 9.59 Å². The van der Waals surface area contributed by atoms with Crippen LogP contribution in [0.25, 0.3) is 11.2 Å². The highest BCUT2D eigenvalue weighted by Crippen LogP contribution is 2.50. The Bertz CT molecular complexity index is 983. The van der Waals surface area contributed by atoms with Gasteiger partial charge in [-0.2, -0.15) is 0 Å². The van der Waals surface area contributed by atoms with Crippen LogP contribution < -0.4 is 5.73 Å². The molecule has 184 valence electrons. The van der Waals surface area contributed by atoms with Crippen LogP contribution in [0, 0.1) is 17.3 Å². The Labute approximate surface area is 199 Å². The summed E-state index contributed by atoms with van der Waals surface area (Å²) in [5, 5.41) is 0. The molecule has 3 fully saturated rings. The summed E-state index contributed by atoms with van der Waals surface area (Å²) in [5.74, 6) is 0.161. The summed E-state index contributed by atoms with van der Waals surface area (Å²) in [6.07, 6.45) is 15.0. The summed E-state index contributed by atoms with van der Waals surface area (Å²) in [7, 11) is 0. The number of carbonyl (C=O) groups is 2. The van der Waals surface area contributed by atoms with Crippen molar-refractivity contribution in [1.82, 2.24) is 19.5 Å². The molecule has 2 aromatic rings. The Hall–Kier alpha value is -2.71. The first kappa shape index (κ1) is 23.1. The number of ether oxygens (including phenoxy) is 2. The molecule has 3 saturated carbocycles. The third kappa shape index (κ3) is 4.74. The zero-order chi connectivity index (χ0) is 23.5. The van der Waals surface area contributed by atoms with Gasteiger partial charge in [-0.3, -0.25) is 9.59 Å². The summed E-state index contributed by atoms with van der Waals surface area (Å²) >= 11 is 0. The van der Waals surface area contributed by atoms with Crippen molar-refractivity contribution in [3.05, 3.63) is 12.7 Å². The smallest absolute Gasteiger partial charge is 0.308 e. The molecule has 0 radical (unpaired) electrons. The number of aromatic nitrogens is 4. The second-order valence-corrected chi connectivity index (χ2v) is 10.5. The van der Waals surface area contributed by atoms with E-state index in [0.29, 0.717) is 17.0 Å². The lowest BCUT2D eigenvalue weighted by atomic mass is 9.66. The molecule has 0 saturated heterocycles. The maximum absolute atomic E-state index is 12.7. The third-order valence-corrected chi connectivity index (χ3v) is 8.04. The van der Waals surface area contributed by atoms with Crippen molar-refractivity contribution < 1.29 is 19.1 Å². The quantitative estimate of drug-likeness (QED) is 0.604. The Morgan fingerprint density at radius 2 is 1.44 bits per heavy atom. The van der Waals surface area contributed by atoms with Crippen LogP contribution >= 0.6 is 0 Å². The molecule has 2 heterocycles. The number of nitrogen functional groups attached to an aromatic ring is 1. The lowest BCUT2D eigenvalue weighted by Crippen LogP contribution is -2.47. The number of nitrogens with zero attached hydrogens (tertiary/aromatic N) is 4. The summed E-state index contributed by atoms with van der Waals surface area (Å²) in [6.45, 7) is 0.557. The summed E-state index contributed by atoms with van der Waals surface area (Å²) < 4.78 is 13.7. The van der Waals surface area contributed by atoms with Crippen LogP contribution in [-0.4, -0.2) is 44.7 Å². The van der Waals surface area contributed by atoms with Crippen LogP contribution in [0.4, 0.5) is 5.82 Å². The van der Waals surface area contributed by atoms with E-state index in [2.05, 4.69) is 15.0 Å². The Balaban J connectivity index is 1.25. The Morgan fingerprint density at radius 3 is 2.00 bits per heavy atom. The van der Waals surface area contributed by atoms with Crippen LogP contribution in [0.15, 0.2) is 12.7 Å². The predicted molar refractivity (Wildman–Crippen MR) is 126 cm³/mol. The molecule has 3 aliphatic rings. The van der Waals surface area contributed by atoms with E-state index in [1.807, 2.05) is 4.57 Å². The molecule has 2 N–H and O–H groups in total. The normalized spacial score (nSPS) is 21.8. The highest BCUT2D eigenvalue weighted by atomic mass is 16.5. The van der Waals surface area contributed by atoms with Gasteiger partial charge < -0.3 is 19.8 Å². The maximum atomic E-state index is 12.7. The van der Waals surface area contributed by atoms with Crippen molar-refractivity contribution >= 4 is 28.9 Å². The largest absolute Gasteiger partial charge is 0.465 e. The lowest BCUT2D eigenvalue weighted by Gasteiger charge is -2.47. The number of hydrogen-bond acceptors (Lipinski definition) is 8. The Kier molecular flexibility index (Phi) is 6.70. The van der Waals surface area contributed by atoms with Gasteiger partial charge in [-0.1, -0.05) is 38.5 Å². The molecule has 0 amide bonds. The van der Waals surface area contributed by atoms with Gasteiger partial charge in [-0.05, 0) is 38.5 Å². The van der Waals surface area contributed by atoms with Gasteiger partial charge in [0.2, 0.25) is 0 Å². The zero-order valence-corrected chi connectivity index (χ0v) is 19.8. The van der Waals surface area contributed by atoms with Crippen molar-refractivity contribution in [3.63, 3.8) is 0 Å². The predicted octanol–water partition coefficient (Wildman–Crippen LogP) is 3.98. The van der Waals surface area contributed by atoms with Gasteiger partial charge >= 0.3 is 11.9 Å². The first-order chi connectivity index (χ1) is 16.5. The maximum Gasteiger partial charge on any atom is 0.308 e. The topological polar surface area (TPSA) is 122 Å². The van der Waals surface area contributed by atoms with E-state index in [-0.39, 0.29) is 48.4 Å². The number of anilines is 1. The van der Waals surface area contributed by atoms with Gasteiger partial charge in [0, 0.05) is 11.5 Å². The molecule has 0 unspecified atom stereocenters. The average Bonchev–Trinajstić information content (AvgIpc) is 3.29. The van der Waals surface area contributed by atoms with Gasteiger partial charge in [0.05, 0.1) is 18.2 Å². The molecule has 9 heteroatoms. The molecular formula is C25H35N5O4. The fourth-order valence-corrected chi connectivity index (χ4v) is 5.91. The fourth-order valence-electron chi connectivity index (χ4n) is 5.91.